The van der Waals surface area contributed by atoms with E-state index in [1.807, 2.05) is 23.6 Å². The number of nitrogens with zero attached hydrogens (tertiary/aromatic N) is 5. The molecule has 20 heavy (non-hydrogen) atoms. The van der Waals surface area contributed by atoms with Gasteiger partial charge in [0, 0.05) is 32.6 Å². The van der Waals surface area contributed by atoms with Gasteiger partial charge in [-0.25, -0.2) is 0 Å². The van der Waals surface area contributed by atoms with E-state index in [1.165, 1.54) is 0 Å². The van der Waals surface area contributed by atoms with Crippen molar-refractivity contribution >= 4 is 5.91 Å². The third kappa shape index (κ3) is 2.85. The van der Waals surface area contributed by atoms with Crippen molar-refractivity contribution in [3.63, 3.8) is 0 Å². The van der Waals surface area contributed by atoms with Gasteiger partial charge in [-0.3, -0.25) is 9.69 Å². The molecule has 0 aromatic carbocycles. The van der Waals surface area contributed by atoms with Gasteiger partial charge in [-0.1, -0.05) is 0 Å². The molecule has 1 aliphatic carbocycles. The van der Waals surface area contributed by atoms with E-state index >= 15 is 0 Å². The van der Waals surface area contributed by atoms with E-state index in [0.29, 0.717) is 17.9 Å². The lowest BCUT2D eigenvalue weighted by Gasteiger charge is -2.37. The quantitative estimate of drug-likeness (QED) is 0.811. The Bertz CT molecular complexity index is 482. The van der Waals surface area contributed by atoms with E-state index in [-0.39, 0.29) is 0 Å². The summed E-state index contributed by atoms with van der Waals surface area (Å²) in [6, 6.07) is 0.352. The highest BCUT2D eigenvalue weighted by Crippen LogP contribution is 2.32. The standard InChI is InChI=1S/C14H23N5O/c1-17-10-15-16-13(17)9-19-7-3-4-12(8-19)18(2)14(20)11-5-6-11/h10-12H,3-9H2,1-2H3. The molecule has 2 heterocycles. The van der Waals surface area contributed by atoms with Crippen LogP contribution in [0.3, 0.4) is 0 Å². The van der Waals surface area contributed by atoms with Crippen molar-refractivity contribution < 1.29 is 4.79 Å². The second-order valence-electron chi connectivity index (χ2n) is 6.11. The lowest BCUT2D eigenvalue weighted by atomic mass is 10.0. The number of likely N-dealkylation sites (tertiary alicyclic amines) is 1. The molecule has 0 spiro atoms. The summed E-state index contributed by atoms with van der Waals surface area (Å²) in [5.41, 5.74) is 0. The van der Waals surface area contributed by atoms with Gasteiger partial charge in [0.15, 0.2) is 0 Å². The summed E-state index contributed by atoms with van der Waals surface area (Å²) in [6.07, 6.45) is 6.16. The smallest absolute Gasteiger partial charge is 0.225 e. The fraction of sp³-hybridized carbons (Fsp3) is 0.786. The highest BCUT2D eigenvalue weighted by atomic mass is 16.2. The Morgan fingerprint density at radius 1 is 1.45 bits per heavy atom. The van der Waals surface area contributed by atoms with Crippen molar-refractivity contribution in [3.05, 3.63) is 12.2 Å². The van der Waals surface area contributed by atoms with Crippen molar-refractivity contribution in [3.8, 4) is 0 Å². The lowest BCUT2D eigenvalue weighted by molar-refractivity contribution is -0.134. The molecule has 0 radical (unpaired) electrons. The minimum absolute atomic E-state index is 0.314. The van der Waals surface area contributed by atoms with Gasteiger partial charge < -0.3 is 9.47 Å². The Balaban J connectivity index is 1.58. The van der Waals surface area contributed by atoms with E-state index < -0.39 is 0 Å². The molecular weight excluding hydrogens is 254 g/mol. The SMILES string of the molecule is CN(C(=O)C1CC1)C1CCCN(Cc2nncn2C)C1. The summed E-state index contributed by atoms with van der Waals surface area (Å²) < 4.78 is 1.96. The predicted octanol–water partition coefficient (Wildman–Crippen LogP) is 0.648. The molecule has 0 N–H and O–H groups in total. The van der Waals surface area contributed by atoms with Crippen molar-refractivity contribution in [2.75, 3.05) is 20.1 Å². The zero-order chi connectivity index (χ0) is 14.1. The molecule has 6 heteroatoms. The summed E-state index contributed by atoms with van der Waals surface area (Å²) in [6.45, 7) is 2.84. The topological polar surface area (TPSA) is 54.3 Å². The monoisotopic (exact) mass is 277 g/mol. The van der Waals surface area contributed by atoms with E-state index in [9.17, 15) is 4.79 Å². The molecule has 1 saturated heterocycles. The van der Waals surface area contributed by atoms with Gasteiger partial charge in [0.1, 0.15) is 12.2 Å². The Kier molecular flexibility index (Phi) is 3.74. The van der Waals surface area contributed by atoms with Gasteiger partial charge in [0.2, 0.25) is 5.91 Å². The Morgan fingerprint density at radius 3 is 2.90 bits per heavy atom. The van der Waals surface area contributed by atoms with Crippen molar-refractivity contribution in [2.24, 2.45) is 13.0 Å². The van der Waals surface area contributed by atoms with E-state index in [1.54, 1.807) is 6.33 Å². The average molecular weight is 277 g/mol. The van der Waals surface area contributed by atoms with Crippen LogP contribution in [0.4, 0.5) is 0 Å². The largest absolute Gasteiger partial charge is 0.341 e. The maximum Gasteiger partial charge on any atom is 0.225 e. The number of hydrogen-bond donors (Lipinski definition) is 0. The molecule has 1 unspecified atom stereocenters. The molecular formula is C14H23N5O. The molecule has 1 aromatic heterocycles. The Hall–Kier alpha value is -1.43. The summed E-state index contributed by atoms with van der Waals surface area (Å²) in [7, 11) is 3.94. The fourth-order valence-electron chi connectivity index (χ4n) is 2.94. The van der Waals surface area contributed by atoms with Crippen LogP contribution in [0, 0.1) is 5.92 Å². The number of rotatable bonds is 4. The van der Waals surface area contributed by atoms with Crippen LogP contribution < -0.4 is 0 Å². The molecule has 6 nitrogen and oxygen atoms in total. The third-order valence-electron chi connectivity index (χ3n) is 4.47. The number of amides is 1. The number of aromatic nitrogens is 3. The molecule has 3 rings (SSSR count). The lowest BCUT2D eigenvalue weighted by Crippen LogP contribution is -2.48. The average Bonchev–Trinajstić information content (AvgIpc) is 3.23. The second-order valence-corrected chi connectivity index (χ2v) is 6.11. The van der Waals surface area contributed by atoms with Crippen LogP contribution in [0.5, 0.6) is 0 Å². The van der Waals surface area contributed by atoms with Gasteiger partial charge in [-0.05, 0) is 32.2 Å². The van der Waals surface area contributed by atoms with Gasteiger partial charge in [-0.15, -0.1) is 10.2 Å². The molecule has 1 aromatic rings. The number of carbonyl (C=O) groups is 1. The highest BCUT2D eigenvalue weighted by Gasteiger charge is 2.35. The number of hydrogen-bond acceptors (Lipinski definition) is 4. The number of likely N-dealkylation sites (N-methyl/N-ethyl adjacent to an activating group) is 1. The molecule has 0 bridgehead atoms. The van der Waals surface area contributed by atoms with Gasteiger partial charge in [-0.2, -0.15) is 0 Å². The zero-order valence-electron chi connectivity index (χ0n) is 12.3. The number of carbonyl (C=O) groups excluding carboxylic acids is 1. The van der Waals surface area contributed by atoms with Crippen LogP contribution >= 0.6 is 0 Å². The van der Waals surface area contributed by atoms with Crippen LogP contribution in [0.2, 0.25) is 0 Å². The van der Waals surface area contributed by atoms with Gasteiger partial charge in [0.05, 0.1) is 6.54 Å². The minimum atomic E-state index is 0.314. The fourth-order valence-corrected chi connectivity index (χ4v) is 2.94. The highest BCUT2D eigenvalue weighted by molar-refractivity contribution is 5.81. The Morgan fingerprint density at radius 2 is 2.25 bits per heavy atom. The van der Waals surface area contributed by atoms with Crippen LogP contribution in [-0.4, -0.2) is 56.7 Å². The molecule has 2 fully saturated rings. The van der Waals surface area contributed by atoms with Crippen molar-refractivity contribution in [1.29, 1.82) is 0 Å². The summed E-state index contributed by atoms with van der Waals surface area (Å²) in [5.74, 6) is 1.64. The normalized spacial score (nSPS) is 23.8. The minimum Gasteiger partial charge on any atom is -0.341 e. The first kappa shape index (κ1) is 13.5. The molecule has 1 amide bonds. The van der Waals surface area contributed by atoms with Crippen molar-refractivity contribution in [1.82, 2.24) is 24.6 Å². The summed E-state index contributed by atoms with van der Waals surface area (Å²) in [5, 5.41) is 8.07. The number of piperidine rings is 1. The predicted molar refractivity (Wildman–Crippen MR) is 74.8 cm³/mol. The second kappa shape index (κ2) is 5.52. The summed E-state index contributed by atoms with van der Waals surface area (Å²) in [4.78, 5) is 16.5. The van der Waals surface area contributed by atoms with Crippen molar-refractivity contribution in [2.45, 2.75) is 38.3 Å². The first-order chi connectivity index (χ1) is 9.65. The van der Waals surface area contributed by atoms with E-state index in [2.05, 4.69) is 15.1 Å². The van der Waals surface area contributed by atoms with Crippen LogP contribution in [-0.2, 0) is 18.4 Å². The molecule has 1 atom stereocenters. The third-order valence-corrected chi connectivity index (χ3v) is 4.47. The molecule has 110 valence electrons. The van der Waals surface area contributed by atoms with E-state index in [0.717, 1.165) is 51.1 Å². The zero-order valence-corrected chi connectivity index (χ0v) is 12.3. The van der Waals surface area contributed by atoms with Gasteiger partial charge in [0.25, 0.3) is 0 Å². The van der Waals surface area contributed by atoms with Crippen LogP contribution in [0.1, 0.15) is 31.5 Å². The molecule has 1 aliphatic heterocycles. The maximum atomic E-state index is 12.2. The van der Waals surface area contributed by atoms with Gasteiger partial charge >= 0.3 is 0 Å². The van der Waals surface area contributed by atoms with Crippen LogP contribution in [0.25, 0.3) is 0 Å². The molecule has 1 saturated carbocycles. The van der Waals surface area contributed by atoms with E-state index in [4.69, 9.17) is 0 Å². The first-order valence-electron chi connectivity index (χ1n) is 7.47. The molecule has 2 aliphatic rings. The first-order valence-corrected chi connectivity index (χ1v) is 7.47. The Labute approximate surface area is 119 Å². The van der Waals surface area contributed by atoms with Crippen LogP contribution in [0.15, 0.2) is 6.33 Å². The maximum absolute atomic E-state index is 12.2. The number of aryl methyl sites for hydroxylation is 1. The summed E-state index contributed by atoms with van der Waals surface area (Å²) >= 11 is 0.